The lowest BCUT2D eigenvalue weighted by Crippen LogP contribution is -2.32. The van der Waals surface area contributed by atoms with E-state index in [-0.39, 0.29) is 17.3 Å². The Labute approximate surface area is 160 Å². The SMILES string of the molecule is CC(c1ccccc1F)N(Cn1ccc(=O)c2cccc(Br)c21)C1CC1. The van der Waals surface area contributed by atoms with Crippen LogP contribution in [0.25, 0.3) is 10.9 Å². The maximum atomic E-state index is 14.3. The molecule has 1 aliphatic rings. The summed E-state index contributed by atoms with van der Waals surface area (Å²) in [5.41, 5.74) is 1.60. The standard InChI is InChI=1S/C21H20BrFN2O/c1-14(16-5-2-3-8-19(16)23)25(15-9-10-15)13-24-12-11-20(26)17-6-4-7-18(22)21(17)24/h2-8,11-12,14-15H,9-10,13H2,1H3. The summed E-state index contributed by atoms with van der Waals surface area (Å²) in [6, 6.07) is 14.6. The molecule has 0 aliphatic heterocycles. The van der Waals surface area contributed by atoms with E-state index in [0.29, 0.717) is 23.7 Å². The van der Waals surface area contributed by atoms with Crippen molar-refractivity contribution in [2.24, 2.45) is 0 Å². The average molecular weight is 415 g/mol. The topological polar surface area (TPSA) is 25.2 Å². The van der Waals surface area contributed by atoms with Crippen molar-refractivity contribution in [3.05, 3.63) is 80.8 Å². The number of fused-ring (bicyclic) bond motifs is 1. The molecule has 0 bridgehead atoms. The molecule has 4 rings (SSSR count). The first kappa shape index (κ1) is 17.4. The molecule has 1 fully saturated rings. The predicted molar refractivity (Wildman–Crippen MR) is 106 cm³/mol. The molecule has 0 saturated heterocycles. The van der Waals surface area contributed by atoms with Crippen LogP contribution in [0.1, 0.15) is 31.4 Å². The Balaban J connectivity index is 1.75. The van der Waals surface area contributed by atoms with Crippen molar-refractivity contribution >= 4 is 26.8 Å². The van der Waals surface area contributed by atoms with E-state index in [1.807, 2.05) is 36.5 Å². The molecule has 0 spiro atoms. The number of pyridine rings is 1. The minimum absolute atomic E-state index is 0.0117. The van der Waals surface area contributed by atoms with Crippen molar-refractivity contribution in [1.29, 1.82) is 0 Å². The van der Waals surface area contributed by atoms with Crippen LogP contribution < -0.4 is 5.43 Å². The number of aromatic nitrogens is 1. The molecular formula is C21H20BrFN2O. The molecule has 1 atom stereocenters. The number of benzene rings is 2. The highest BCUT2D eigenvalue weighted by Crippen LogP contribution is 2.36. The second-order valence-electron chi connectivity index (χ2n) is 6.87. The zero-order chi connectivity index (χ0) is 18.3. The highest BCUT2D eigenvalue weighted by Gasteiger charge is 2.33. The second kappa shape index (κ2) is 6.97. The van der Waals surface area contributed by atoms with E-state index < -0.39 is 0 Å². The highest BCUT2D eigenvalue weighted by atomic mass is 79.9. The molecule has 3 aromatic rings. The van der Waals surface area contributed by atoms with Gasteiger partial charge in [-0.05, 0) is 53.9 Å². The number of rotatable bonds is 5. The summed E-state index contributed by atoms with van der Waals surface area (Å²) in [5.74, 6) is -0.170. The van der Waals surface area contributed by atoms with Crippen LogP contribution in [0.5, 0.6) is 0 Å². The third-order valence-corrected chi connectivity index (χ3v) is 5.77. The van der Waals surface area contributed by atoms with Gasteiger partial charge in [-0.25, -0.2) is 4.39 Å². The van der Waals surface area contributed by atoms with Crippen LogP contribution >= 0.6 is 15.9 Å². The van der Waals surface area contributed by atoms with Crippen molar-refractivity contribution < 1.29 is 4.39 Å². The fourth-order valence-electron chi connectivity index (χ4n) is 3.57. The third-order valence-electron chi connectivity index (χ3n) is 5.13. The van der Waals surface area contributed by atoms with E-state index in [1.54, 1.807) is 12.1 Å². The van der Waals surface area contributed by atoms with Gasteiger partial charge in [0.25, 0.3) is 0 Å². The normalized spacial score (nSPS) is 15.5. The number of halogens is 2. The van der Waals surface area contributed by atoms with Crippen molar-refractivity contribution in [2.45, 2.75) is 38.5 Å². The Kier molecular flexibility index (Phi) is 4.67. The summed E-state index contributed by atoms with van der Waals surface area (Å²) in [6.45, 7) is 2.66. The van der Waals surface area contributed by atoms with E-state index in [2.05, 4.69) is 32.3 Å². The van der Waals surface area contributed by atoms with E-state index in [4.69, 9.17) is 0 Å². The Morgan fingerprint density at radius 1 is 1.19 bits per heavy atom. The van der Waals surface area contributed by atoms with Gasteiger partial charge in [0.15, 0.2) is 5.43 Å². The van der Waals surface area contributed by atoms with Crippen LogP contribution in [-0.2, 0) is 6.67 Å². The minimum Gasteiger partial charge on any atom is -0.333 e. The quantitative estimate of drug-likeness (QED) is 0.580. The molecule has 3 nitrogen and oxygen atoms in total. The van der Waals surface area contributed by atoms with Gasteiger partial charge in [0.05, 0.1) is 12.2 Å². The summed E-state index contributed by atoms with van der Waals surface area (Å²) >= 11 is 3.58. The lowest BCUT2D eigenvalue weighted by molar-refractivity contribution is 0.151. The average Bonchev–Trinajstić information content (AvgIpc) is 3.46. The van der Waals surface area contributed by atoms with E-state index >= 15 is 0 Å². The Hall–Kier alpha value is -1.98. The van der Waals surface area contributed by atoms with E-state index in [0.717, 1.165) is 22.8 Å². The van der Waals surface area contributed by atoms with Crippen LogP contribution in [0.2, 0.25) is 0 Å². The van der Waals surface area contributed by atoms with Gasteiger partial charge in [-0.2, -0.15) is 0 Å². The monoisotopic (exact) mass is 414 g/mol. The van der Waals surface area contributed by atoms with Gasteiger partial charge < -0.3 is 4.57 Å². The van der Waals surface area contributed by atoms with Gasteiger partial charge in [-0.1, -0.05) is 24.3 Å². The summed E-state index contributed by atoms with van der Waals surface area (Å²) in [4.78, 5) is 14.5. The Morgan fingerprint density at radius 3 is 2.69 bits per heavy atom. The zero-order valence-electron chi connectivity index (χ0n) is 14.5. The summed E-state index contributed by atoms with van der Waals surface area (Å²) in [6.07, 6.45) is 4.08. The van der Waals surface area contributed by atoms with Crippen LogP contribution in [0.15, 0.2) is 64.0 Å². The molecule has 1 heterocycles. The number of para-hydroxylation sites is 1. The summed E-state index contributed by atoms with van der Waals surface area (Å²) < 4.78 is 17.3. The maximum absolute atomic E-state index is 14.3. The molecule has 134 valence electrons. The van der Waals surface area contributed by atoms with E-state index in [1.165, 1.54) is 6.07 Å². The van der Waals surface area contributed by atoms with Crippen molar-refractivity contribution in [3.63, 3.8) is 0 Å². The Morgan fingerprint density at radius 2 is 1.96 bits per heavy atom. The predicted octanol–water partition coefficient (Wildman–Crippen LogP) is 5.09. The largest absolute Gasteiger partial charge is 0.333 e. The first-order chi connectivity index (χ1) is 12.6. The number of hydrogen-bond acceptors (Lipinski definition) is 2. The second-order valence-corrected chi connectivity index (χ2v) is 7.72. The number of nitrogens with zero attached hydrogens (tertiary/aromatic N) is 2. The fourth-order valence-corrected chi connectivity index (χ4v) is 4.17. The molecule has 1 saturated carbocycles. The smallest absolute Gasteiger partial charge is 0.189 e. The van der Waals surface area contributed by atoms with Crippen molar-refractivity contribution in [2.75, 3.05) is 0 Å². The van der Waals surface area contributed by atoms with Gasteiger partial charge in [-0.15, -0.1) is 0 Å². The molecule has 0 radical (unpaired) electrons. The van der Waals surface area contributed by atoms with Gasteiger partial charge in [0.1, 0.15) is 5.82 Å². The first-order valence-corrected chi connectivity index (χ1v) is 9.63. The van der Waals surface area contributed by atoms with Gasteiger partial charge in [0.2, 0.25) is 0 Å². The molecule has 26 heavy (non-hydrogen) atoms. The van der Waals surface area contributed by atoms with Crippen molar-refractivity contribution in [1.82, 2.24) is 9.47 Å². The van der Waals surface area contributed by atoms with Crippen LogP contribution in [0.3, 0.4) is 0 Å². The maximum Gasteiger partial charge on any atom is 0.189 e. The molecule has 5 heteroatoms. The lowest BCUT2D eigenvalue weighted by atomic mass is 10.1. The van der Waals surface area contributed by atoms with Crippen LogP contribution in [0, 0.1) is 5.82 Å². The first-order valence-electron chi connectivity index (χ1n) is 8.84. The molecule has 1 aromatic heterocycles. The molecule has 0 amide bonds. The minimum atomic E-state index is -0.170. The summed E-state index contributed by atoms with van der Waals surface area (Å²) in [7, 11) is 0. The van der Waals surface area contributed by atoms with Gasteiger partial charge in [0, 0.05) is 39.8 Å². The van der Waals surface area contributed by atoms with Crippen molar-refractivity contribution in [3.8, 4) is 0 Å². The molecule has 1 unspecified atom stereocenters. The van der Waals surface area contributed by atoms with Crippen LogP contribution in [0.4, 0.5) is 4.39 Å². The zero-order valence-corrected chi connectivity index (χ0v) is 16.1. The third kappa shape index (κ3) is 3.21. The Bertz CT molecular complexity index is 1010. The molecule has 0 N–H and O–H groups in total. The molecule has 2 aromatic carbocycles. The highest BCUT2D eigenvalue weighted by molar-refractivity contribution is 9.10. The molecular weight excluding hydrogens is 395 g/mol. The summed E-state index contributed by atoms with van der Waals surface area (Å²) in [5, 5.41) is 0.691. The van der Waals surface area contributed by atoms with Gasteiger partial charge in [-0.3, -0.25) is 9.69 Å². The number of hydrogen-bond donors (Lipinski definition) is 0. The fraction of sp³-hybridized carbons (Fsp3) is 0.286. The lowest BCUT2D eigenvalue weighted by Gasteiger charge is -2.31. The van der Waals surface area contributed by atoms with Gasteiger partial charge >= 0.3 is 0 Å². The van der Waals surface area contributed by atoms with Crippen LogP contribution in [-0.4, -0.2) is 15.5 Å². The van der Waals surface area contributed by atoms with E-state index in [9.17, 15) is 9.18 Å². The molecule has 1 aliphatic carbocycles.